The largest absolute Gasteiger partial charge is 0.394 e. The number of rotatable bonds is 5. The highest BCUT2D eigenvalue weighted by Crippen LogP contribution is 2.41. The lowest BCUT2D eigenvalue weighted by Gasteiger charge is -2.39. The molecule has 1 fully saturated rings. The van der Waals surface area contributed by atoms with Crippen molar-refractivity contribution in [2.75, 3.05) is 39.9 Å². The van der Waals surface area contributed by atoms with Crippen molar-refractivity contribution < 1.29 is 23.7 Å². The zero-order chi connectivity index (χ0) is 18.3. The number of aliphatic hydroxyl groups excluding tert-OH is 1. The van der Waals surface area contributed by atoms with E-state index in [4.69, 9.17) is 19.9 Å². The molecule has 1 aliphatic heterocycles. The third-order valence-electron chi connectivity index (χ3n) is 3.22. The Bertz CT molecular complexity index is 406. The smallest absolute Gasteiger partial charge is 0.340 e. The molecule has 1 atom stereocenters. The van der Waals surface area contributed by atoms with Gasteiger partial charge in [-0.1, -0.05) is 0 Å². The Hall–Kier alpha value is -0.500. The number of ether oxygens (including phenoxy) is 1. The molecule has 1 heterocycles. The standard InChI is InChI=1S/C11H24N3O4P.C3H8O/c1-5-18-11(2,3)10(15)13-6-8-14(9-7-13)19(12,16)17-4;1-3(2)4/h5-9H2,1-4H3,(H2,12,16);3-4H,1-2H3. The van der Waals surface area contributed by atoms with Gasteiger partial charge >= 0.3 is 7.67 Å². The molecule has 1 saturated heterocycles. The fourth-order valence-corrected chi connectivity index (χ4v) is 3.06. The molecule has 1 unspecified atom stereocenters. The van der Waals surface area contributed by atoms with Gasteiger partial charge in [0.25, 0.3) is 5.91 Å². The Morgan fingerprint density at radius 2 is 1.74 bits per heavy atom. The summed E-state index contributed by atoms with van der Waals surface area (Å²) in [6.45, 7) is 11.1. The van der Waals surface area contributed by atoms with E-state index in [9.17, 15) is 9.36 Å². The number of piperazine rings is 1. The molecule has 23 heavy (non-hydrogen) atoms. The fraction of sp³-hybridized carbons (Fsp3) is 0.929. The molecular weight excluding hydrogens is 321 g/mol. The second-order valence-corrected chi connectivity index (χ2v) is 8.09. The normalized spacial score (nSPS) is 19.1. The van der Waals surface area contributed by atoms with Crippen molar-refractivity contribution in [2.45, 2.75) is 46.3 Å². The third-order valence-corrected chi connectivity index (χ3v) is 4.93. The number of nitrogens with zero attached hydrogens (tertiary/aromatic N) is 2. The first-order valence-corrected chi connectivity index (χ1v) is 9.43. The number of amides is 1. The highest BCUT2D eigenvalue weighted by atomic mass is 31.2. The van der Waals surface area contributed by atoms with Gasteiger partial charge in [0.15, 0.2) is 0 Å². The Kier molecular flexibility index (Phi) is 9.50. The summed E-state index contributed by atoms with van der Waals surface area (Å²) < 4.78 is 23.7. The third kappa shape index (κ3) is 7.74. The molecular formula is C14H32N3O5P. The van der Waals surface area contributed by atoms with E-state index in [0.717, 1.165) is 0 Å². The van der Waals surface area contributed by atoms with Crippen LogP contribution in [0.15, 0.2) is 0 Å². The van der Waals surface area contributed by atoms with Crippen LogP contribution in [0, 0.1) is 0 Å². The van der Waals surface area contributed by atoms with Crippen LogP contribution in [-0.4, -0.2) is 72.2 Å². The monoisotopic (exact) mass is 353 g/mol. The predicted molar refractivity (Wildman–Crippen MR) is 90.0 cm³/mol. The van der Waals surface area contributed by atoms with Gasteiger partial charge in [-0.3, -0.25) is 9.36 Å². The minimum Gasteiger partial charge on any atom is -0.394 e. The average molecular weight is 353 g/mol. The molecule has 1 aliphatic rings. The fourth-order valence-electron chi connectivity index (χ4n) is 2.10. The molecule has 0 aromatic carbocycles. The number of carbonyl (C=O) groups is 1. The van der Waals surface area contributed by atoms with Crippen LogP contribution in [-0.2, 0) is 18.6 Å². The molecule has 1 rings (SSSR count). The quantitative estimate of drug-likeness (QED) is 0.712. The molecule has 9 heteroatoms. The van der Waals surface area contributed by atoms with Crippen molar-refractivity contribution in [1.29, 1.82) is 0 Å². The molecule has 0 saturated carbocycles. The Balaban J connectivity index is 0.00000108. The lowest BCUT2D eigenvalue weighted by molar-refractivity contribution is -0.155. The first kappa shape index (κ1) is 22.5. The summed E-state index contributed by atoms with van der Waals surface area (Å²) in [6.07, 6.45) is -0.167. The number of hydrogen-bond donors (Lipinski definition) is 2. The van der Waals surface area contributed by atoms with Gasteiger partial charge in [0.1, 0.15) is 5.60 Å². The summed E-state index contributed by atoms with van der Waals surface area (Å²) in [5.41, 5.74) is 4.75. The van der Waals surface area contributed by atoms with Crippen molar-refractivity contribution in [1.82, 2.24) is 9.57 Å². The van der Waals surface area contributed by atoms with Crippen LogP contribution in [0.4, 0.5) is 0 Å². The Morgan fingerprint density at radius 3 is 2.09 bits per heavy atom. The van der Waals surface area contributed by atoms with Crippen molar-refractivity contribution in [3.8, 4) is 0 Å². The molecule has 0 bridgehead atoms. The molecule has 0 aliphatic carbocycles. The average Bonchev–Trinajstić information content (AvgIpc) is 2.46. The van der Waals surface area contributed by atoms with Gasteiger partial charge < -0.3 is 19.3 Å². The Morgan fingerprint density at radius 1 is 1.30 bits per heavy atom. The van der Waals surface area contributed by atoms with E-state index in [0.29, 0.717) is 32.8 Å². The molecule has 3 N–H and O–H groups in total. The number of nitrogens with two attached hydrogens (primary N) is 1. The van der Waals surface area contributed by atoms with Gasteiger partial charge in [-0.2, -0.15) is 0 Å². The summed E-state index contributed by atoms with van der Waals surface area (Å²) in [4.78, 5) is 14.0. The summed E-state index contributed by atoms with van der Waals surface area (Å²) in [5.74, 6) is -0.0572. The molecule has 8 nitrogen and oxygen atoms in total. The molecule has 1 amide bonds. The number of carbonyl (C=O) groups excluding carboxylic acids is 1. The van der Waals surface area contributed by atoms with E-state index in [2.05, 4.69) is 0 Å². The second kappa shape index (κ2) is 9.71. The molecule has 0 radical (unpaired) electrons. The van der Waals surface area contributed by atoms with Gasteiger partial charge in [0.2, 0.25) is 0 Å². The van der Waals surface area contributed by atoms with Crippen LogP contribution >= 0.6 is 7.67 Å². The van der Waals surface area contributed by atoms with Gasteiger partial charge in [-0.15, -0.1) is 0 Å². The molecule has 0 aromatic heterocycles. The van der Waals surface area contributed by atoms with E-state index >= 15 is 0 Å². The summed E-state index contributed by atoms with van der Waals surface area (Å²) in [5, 5.41) is 8.06. The van der Waals surface area contributed by atoms with Crippen LogP contribution in [0.3, 0.4) is 0 Å². The van der Waals surface area contributed by atoms with Gasteiger partial charge in [-0.25, -0.2) is 10.2 Å². The van der Waals surface area contributed by atoms with Gasteiger partial charge in [-0.05, 0) is 34.6 Å². The second-order valence-electron chi connectivity index (χ2n) is 6.03. The number of aliphatic hydroxyl groups is 1. The van der Waals surface area contributed by atoms with Crippen molar-refractivity contribution in [3.63, 3.8) is 0 Å². The van der Waals surface area contributed by atoms with Crippen molar-refractivity contribution >= 4 is 13.6 Å². The zero-order valence-corrected chi connectivity index (χ0v) is 16.0. The van der Waals surface area contributed by atoms with Crippen LogP contribution in [0.25, 0.3) is 0 Å². The molecule has 138 valence electrons. The van der Waals surface area contributed by atoms with Crippen LogP contribution in [0.1, 0.15) is 34.6 Å². The van der Waals surface area contributed by atoms with E-state index in [1.807, 2.05) is 6.92 Å². The summed E-state index contributed by atoms with van der Waals surface area (Å²) in [7, 11) is -1.86. The summed E-state index contributed by atoms with van der Waals surface area (Å²) >= 11 is 0. The first-order valence-electron chi connectivity index (χ1n) is 7.79. The van der Waals surface area contributed by atoms with Crippen molar-refractivity contribution in [2.24, 2.45) is 5.50 Å². The summed E-state index contributed by atoms with van der Waals surface area (Å²) in [6, 6.07) is 0. The first-order chi connectivity index (χ1) is 10.5. The predicted octanol–water partition coefficient (Wildman–Crippen LogP) is 1.05. The molecule has 0 spiro atoms. The van der Waals surface area contributed by atoms with E-state index in [1.165, 1.54) is 7.11 Å². The van der Waals surface area contributed by atoms with E-state index in [-0.39, 0.29) is 12.0 Å². The minimum atomic E-state index is -3.19. The maximum Gasteiger partial charge on any atom is 0.340 e. The zero-order valence-electron chi connectivity index (χ0n) is 15.1. The lowest BCUT2D eigenvalue weighted by Crippen LogP contribution is -2.54. The van der Waals surface area contributed by atoms with Crippen LogP contribution in [0.2, 0.25) is 0 Å². The van der Waals surface area contributed by atoms with Crippen molar-refractivity contribution in [3.05, 3.63) is 0 Å². The molecule has 0 aromatic rings. The topological polar surface area (TPSA) is 105 Å². The highest BCUT2D eigenvalue weighted by molar-refractivity contribution is 7.53. The van der Waals surface area contributed by atoms with Crippen LogP contribution in [0.5, 0.6) is 0 Å². The van der Waals surface area contributed by atoms with Crippen LogP contribution < -0.4 is 5.50 Å². The van der Waals surface area contributed by atoms with E-state index in [1.54, 1.807) is 37.3 Å². The SMILES string of the molecule is CC(C)O.CCOC(C)(C)C(=O)N1CCN(P(N)(=O)OC)CC1. The minimum absolute atomic E-state index is 0.0572. The maximum absolute atomic E-state index is 12.3. The van der Waals surface area contributed by atoms with Gasteiger partial charge in [0, 0.05) is 46.0 Å². The highest BCUT2D eigenvalue weighted by Gasteiger charge is 2.37. The van der Waals surface area contributed by atoms with E-state index < -0.39 is 13.3 Å². The number of hydrogen-bond acceptors (Lipinski definition) is 5. The maximum atomic E-state index is 12.3. The lowest BCUT2D eigenvalue weighted by atomic mass is 10.1. The van der Waals surface area contributed by atoms with Gasteiger partial charge in [0.05, 0.1) is 0 Å². The Labute approximate surface area is 139 Å².